The van der Waals surface area contributed by atoms with Gasteiger partial charge in [0.1, 0.15) is 11.6 Å². The van der Waals surface area contributed by atoms with Gasteiger partial charge in [0.25, 0.3) is 0 Å². The van der Waals surface area contributed by atoms with Gasteiger partial charge in [0.05, 0.1) is 23.1 Å². The van der Waals surface area contributed by atoms with Crippen molar-refractivity contribution < 1.29 is 0 Å². The van der Waals surface area contributed by atoms with Crippen LogP contribution in [0.25, 0.3) is 16.6 Å². The molecular formula is C19H20N4. The van der Waals surface area contributed by atoms with Crippen LogP contribution < -0.4 is 4.90 Å². The molecule has 0 saturated heterocycles. The van der Waals surface area contributed by atoms with Crippen molar-refractivity contribution in [1.82, 2.24) is 9.78 Å². The van der Waals surface area contributed by atoms with Crippen molar-refractivity contribution in [3.63, 3.8) is 0 Å². The zero-order valence-corrected chi connectivity index (χ0v) is 13.7. The fraction of sp³-hybridized carbons (Fsp3) is 0.263. The molecule has 0 aliphatic carbocycles. The number of nitrogens with zero attached hydrogens (tertiary/aromatic N) is 4. The lowest BCUT2D eigenvalue weighted by atomic mass is 10.0. The molecule has 1 heterocycles. The van der Waals surface area contributed by atoms with E-state index in [9.17, 15) is 5.26 Å². The van der Waals surface area contributed by atoms with E-state index in [0.717, 1.165) is 40.9 Å². The second-order valence-corrected chi connectivity index (χ2v) is 5.53. The summed E-state index contributed by atoms with van der Waals surface area (Å²) in [7, 11) is 0. The molecule has 23 heavy (non-hydrogen) atoms. The summed E-state index contributed by atoms with van der Waals surface area (Å²) in [6.45, 7) is 8.04. The zero-order valence-electron chi connectivity index (χ0n) is 13.7. The molecule has 116 valence electrons. The third kappa shape index (κ3) is 2.44. The van der Waals surface area contributed by atoms with Gasteiger partial charge in [-0.15, -0.1) is 0 Å². The first-order valence-corrected chi connectivity index (χ1v) is 7.93. The molecule has 0 aliphatic rings. The number of aryl methyl sites for hydroxylation is 1. The van der Waals surface area contributed by atoms with Gasteiger partial charge in [0, 0.05) is 18.5 Å². The van der Waals surface area contributed by atoms with Crippen LogP contribution in [0.15, 0.2) is 42.6 Å². The minimum Gasteiger partial charge on any atom is -0.371 e. The Morgan fingerprint density at radius 2 is 1.87 bits per heavy atom. The average Bonchev–Trinajstić information content (AvgIpc) is 3.00. The van der Waals surface area contributed by atoms with Crippen molar-refractivity contribution in [2.45, 2.75) is 20.8 Å². The Balaban J connectivity index is 2.36. The highest BCUT2D eigenvalue weighted by atomic mass is 15.3. The van der Waals surface area contributed by atoms with Crippen molar-refractivity contribution in [1.29, 1.82) is 5.26 Å². The third-order valence-electron chi connectivity index (χ3n) is 4.21. The van der Waals surface area contributed by atoms with E-state index in [1.807, 2.05) is 41.2 Å². The smallest absolute Gasteiger partial charge is 0.104 e. The predicted octanol–water partition coefficient (Wildman–Crippen LogP) is 4.05. The van der Waals surface area contributed by atoms with Crippen LogP contribution in [0.4, 0.5) is 5.69 Å². The number of benzene rings is 2. The SMILES string of the molecule is CCN(CC)c1c(C)cc2cnn(-c3ccccc3)c2c1C#N. The molecule has 4 nitrogen and oxygen atoms in total. The lowest BCUT2D eigenvalue weighted by Crippen LogP contribution is -2.24. The van der Waals surface area contributed by atoms with E-state index in [1.165, 1.54) is 0 Å². The molecule has 0 atom stereocenters. The van der Waals surface area contributed by atoms with Gasteiger partial charge in [-0.25, -0.2) is 4.68 Å². The number of para-hydroxylation sites is 1. The van der Waals surface area contributed by atoms with E-state index in [0.29, 0.717) is 5.56 Å². The summed E-state index contributed by atoms with van der Waals surface area (Å²) in [5.74, 6) is 0. The van der Waals surface area contributed by atoms with Crippen LogP contribution in [0.2, 0.25) is 0 Å². The molecule has 3 rings (SSSR count). The maximum Gasteiger partial charge on any atom is 0.104 e. The van der Waals surface area contributed by atoms with Gasteiger partial charge >= 0.3 is 0 Å². The largest absolute Gasteiger partial charge is 0.371 e. The topological polar surface area (TPSA) is 44.9 Å². The van der Waals surface area contributed by atoms with E-state index in [2.05, 4.69) is 42.9 Å². The molecule has 3 aromatic rings. The Bertz CT molecular complexity index is 868. The number of aromatic nitrogens is 2. The van der Waals surface area contributed by atoms with Crippen LogP contribution in [0.3, 0.4) is 0 Å². The Labute approximate surface area is 136 Å². The molecular weight excluding hydrogens is 284 g/mol. The second-order valence-electron chi connectivity index (χ2n) is 5.53. The van der Waals surface area contributed by atoms with Crippen molar-refractivity contribution in [3.05, 3.63) is 53.7 Å². The summed E-state index contributed by atoms with van der Waals surface area (Å²) in [5.41, 5.74) is 4.68. The van der Waals surface area contributed by atoms with Crippen molar-refractivity contribution in [2.75, 3.05) is 18.0 Å². The first-order chi connectivity index (χ1) is 11.2. The number of anilines is 1. The van der Waals surface area contributed by atoms with E-state index >= 15 is 0 Å². The highest BCUT2D eigenvalue weighted by molar-refractivity contribution is 5.92. The van der Waals surface area contributed by atoms with Crippen LogP contribution in [0.5, 0.6) is 0 Å². The Morgan fingerprint density at radius 3 is 2.48 bits per heavy atom. The van der Waals surface area contributed by atoms with Crippen LogP contribution in [-0.2, 0) is 0 Å². The summed E-state index contributed by atoms with van der Waals surface area (Å²) in [6.07, 6.45) is 1.84. The number of fused-ring (bicyclic) bond motifs is 1. The number of hydrogen-bond donors (Lipinski definition) is 0. The van der Waals surface area contributed by atoms with E-state index in [-0.39, 0.29) is 0 Å². The fourth-order valence-corrected chi connectivity index (χ4v) is 3.15. The van der Waals surface area contributed by atoms with Gasteiger partial charge in [0.15, 0.2) is 0 Å². The molecule has 0 radical (unpaired) electrons. The maximum atomic E-state index is 9.85. The Hall–Kier alpha value is -2.80. The van der Waals surface area contributed by atoms with Gasteiger partial charge in [-0.05, 0) is 44.5 Å². The molecule has 0 N–H and O–H groups in total. The van der Waals surface area contributed by atoms with Crippen LogP contribution in [0, 0.1) is 18.3 Å². The summed E-state index contributed by atoms with van der Waals surface area (Å²) in [6, 6.07) is 14.5. The maximum absolute atomic E-state index is 9.85. The summed E-state index contributed by atoms with van der Waals surface area (Å²) >= 11 is 0. The highest BCUT2D eigenvalue weighted by Gasteiger charge is 2.19. The molecule has 0 saturated carbocycles. The van der Waals surface area contributed by atoms with Gasteiger partial charge < -0.3 is 4.90 Å². The molecule has 4 heteroatoms. The average molecular weight is 304 g/mol. The Morgan fingerprint density at radius 1 is 1.17 bits per heavy atom. The van der Waals surface area contributed by atoms with Crippen molar-refractivity contribution >= 4 is 16.6 Å². The normalized spacial score (nSPS) is 10.7. The lowest BCUT2D eigenvalue weighted by Gasteiger charge is -2.25. The molecule has 2 aromatic carbocycles. The second kappa shape index (κ2) is 6.13. The third-order valence-corrected chi connectivity index (χ3v) is 4.21. The molecule has 0 spiro atoms. The van der Waals surface area contributed by atoms with E-state index in [4.69, 9.17) is 0 Å². The quantitative estimate of drug-likeness (QED) is 0.730. The van der Waals surface area contributed by atoms with Crippen LogP contribution >= 0.6 is 0 Å². The molecule has 0 unspecified atom stereocenters. The lowest BCUT2D eigenvalue weighted by molar-refractivity contribution is 0.858. The predicted molar refractivity (Wildman–Crippen MR) is 94.1 cm³/mol. The molecule has 0 fully saturated rings. The van der Waals surface area contributed by atoms with Crippen molar-refractivity contribution in [2.24, 2.45) is 0 Å². The highest BCUT2D eigenvalue weighted by Crippen LogP contribution is 2.33. The van der Waals surface area contributed by atoms with Gasteiger partial charge in [-0.3, -0.25) is 0 Å². The summed E-state index contributed by atoms with van der Waals surface area (Å²) in [4.78, 5) is 2.23. The molecule has 1 aromatic heterocycles. The molecule has 0 aliphatic heterocycles. The summed E-state index contributed by atoms with van der Waals surface area (Å²) in [5, 5.41) is 15.4. The van der Waals surface area contributed by atoms with Crippen LogP contribution in [0.1, 0.15) is 25.0 Å². The first-order valence-electron chi connectivity index (χ1n) is 7.93. The summed E-state index contributed by atoms with van der Waals surface area (Å²) < 4.78 is 1.86. The minimum absolute atomic E-state index is 0.699. The number of rotatable bonds is 4. The van der Waals surface area contributed by atoms with Gasteiger partial charge in [0.2, 0.25) is 0 Å². The van der Waals surface area contributed by atoms with E-state index in [1.54, 1.807) is 0 Å². The molecule has 0 amide bonds. The monoisotopic (exact) mass is 304 g/mol. The Kier molecular flexibility index (Phi) is 4.03. The van der Waals surface area contributed by atoms with Gasteiger partial charge in [-0.2, -0.15) is 10.4 Å². The van der Waals surface area contributed by atoms with Crippen LogP contribution in [-0.4, -0.2) is 22.9 Å². The van der Waals surface area contributed by atoms with Crippen molar-refractivity contribution in [3.8, 4) is 11.8 Å². The number of hydrogen-bond acceptors (Lipinski definition) is 3. The molecule has 0 bridgehead atoms. The number of nitriles is 1. The van der Waals surface area contributed by atoms with Gasteiger partial charge in [-0.1, -0.05) is 18.2 Å². The minimum atomic E-state index is 0.699. The van der Waals surface area contributed by atoms with E-state index < -0.39 is 0 Å². The fourth-order valence-electron chi connectivity index (χ4n) is 3.15. The first kappa shape index (κ1) is 15.1. The standard InChI is InChI=1S/C19H20N4/c1-4-22(5-2)18-14(3)11-15-13-21-23(19(15)17(18)12-20)16-9-7-6-8-10-16/h6-11,13H,4-5H2,1-3H3. The zero-order chi connectivity index (χ0) is 16.4.